The number of rotatable bonds is 3. The summed E-state index contributed by atoms with van der Waals surface area (Å²) in [5.41, 5.74) is 14.7. The maximum atomic E-state index is 5.35. The molecule has 9 rings (SSSR count). The average Bonchev–Trinajstić information content (AvgIpc) is 3.99. The summed E-state index contributed by atoms with van der Waals surface area (Å²) in [6, 6.07) is 16.9. The van der Waals surface area contributed by atoms with Gasteiger partial charge in [-0.05, 0) is 82.0 Å². The molecule has 1 radical (unpaired) electrons. The molecule has 289 valence electrons. The molecule has 0 unspecified atom stereocenters. The van der Waals surface area contributed by atoms with Crippen molar-refractivity contribution in [3.05, 3.63) is 203 Å². The van der Waals surface area contributed by atoms with Gasteiger partial charge in [-0.1, -0.05) is 12.1 Å². The van der Waals surface area contributed by atoms with Crippen molar-refractivity contribution in [2.75, 3.05) is 7.05 Å². The fraction of sp³-hybridized carbons (Fsp3) is 0.0909. The van der Waals surface area contributed by atoms with E-state index >= 15 is 0 Å². The second kappa shape index (κ2) is 18.4. The summed E-state index contributed by atoms with van der Waals surface area (Å²) in [7, 11) is 8.10. The summed E-state index contributed by atoms with van der Waals surface area (Å²) in [5, 5.41) is 0. The Bertz CT molecular complexity index is 2560. The van der Waals surface area contributed by atoms with Gasteiger partial charge in [-0.3, -0.25) is 0 Å². The van der Waals surface area contributed by atoms with Gasteiger partial charge >= 0.3 is 16.8 Å². The summed E-state index contributed by atoms with van der Waals surface area (Å²) in [6.07, 6.45) is 33.3. The number of aliphatic imine (C=N–C) groups is 3. The molecule has 0 fully saturated rings. The third-order valence-corrected chi connectivity index (χ3v) is 9.68. The van der Waals surface area contributed by atoms with Crippen molar-refractivity contribution in [1.29, 1.82) is 0 Å². The van der Waals surface area contributed by atoms with Gasteiger partial charge in [0.2, 0.25) is 0 Å². The first-order valence-electron chi connectivity index (χ1n) is 17.3. The van der Waals surface area contributed by atoms with Crippen LogP contribution in [0, 0.1) is 0 Å². The van der Waals surface area contributed by atoms with E-state index in [0.29, 0.717) is 0 Å². The Morgan fingerprint density at radius 3 is 1.16 bits per heavy atom. The van der Waals surface area contributed by atoms with Gasteiger partial charge in [0.05, 0.1) is 34.2 Å². The van der Waals surface area contributed by atoms with Crippen LogP contribution in [-0.2, 0) is 37.9 Å². The Labute approximate surface area is 367 Å². The number of allylic oxidation sites excluding steroid dienone is 11. The van der Waals surface area contributed by atoms with Crippen LogP contribution in [0.1, 0.15) is 28.1 Å². The van der Waals surface area contributed by atoms with Gasteiger partial charge in [0.15, 0.2) is 37.2 Å². The standard InChI is InChI=1S/C44H36N8.4ClH.Co/c1-49-21-13-29(14-22-49)41-33-5-7-35(45-33)42(30-15-23-50(2)24-16-30)37-9-11-39(47-37)44(32-19-27-52(4)28-20-32)40-12-10-38(48-40)43(36-8-6-34(41)46-36)31-17-25-51(3)26-18-31;;;;;/h5-28H,1-4H3;4*1H;/q+2;;;;;+2/p-4. The Morgan fingerprint density at radius 2 is 0.772 bits per heavy atom. The predicted octanol–water partition coefficient (Wildman–Crippen LogP) is -6.62. The molecule has 0 aromatic carbocycles. The molecule has 4 aromatic heterocycles. The zero-order valence-electron chi connectivity index (χ0n) is 31.3. The minimum atomic E-state index is 0. The summed E-state index contributed by atoms with van der Waals surface area (Å²) in [5.74, 6) is 0. The smallest absolute Gasteiger partial charge is 1.00 e. The van der Waals surface area contributed by atoms with E-state index in [1.807, 2.05) is 46.8 Å². The number of halogens is 4. The molecule has 0 spiro atoms. The third-order valence-electron chi connectivity index (χ3n) is 9.68. The number of hydrogen-bond donors (Lipinski definition) is 0. The van der Waals surface area contributed by atoms with Crippen LogP contribution in [0.2, 0.25) is 0 Å². The predicted molar refractivity (Wildman–Crippen MR) is 204 cm³/mol. The minimum Gasteiger partial charge on any atom is -1.00 e. The van der Waals surface area contributed by atoms with Crippen LogP contribution in [0.5, 0.6) is 0 Å². The minimum absolute atomic E-state index is 0. The quantitative estimate of drug-likeness (QED) is 0.193. The van der Waals surface area contributed by atoms with Crippen LogP contribution in [-0.4, -0.2) is 29.1 Å². The zero-order chi connectivity index (χ0) is 35.3. The molecule has 9 heterocycles. The molecule has 8 nitrogen and oxygen atoms in total. The van der Waals surface area contributed by atoms with E-state index in [1.165, 1.54) is 0 Å². The van der Waals surface area contributed by atoms with Gasteiger partial charge in [0.1, 0.15) is 21.1 Å². The number of aromatic nitrogens is 4. The van der Waals surface area contributed by atoms with E-state index < -0.39 is 0 Å². The second-order valence-corrected chi connectivity index (χ2v) is 13.4. The topological polar surface area (TPSA) is 66.1 Å². The van der Waals surface area contributed by atoms with Gasteiger partial charge < -0.3 is 59.5 Å². The van der Waals surface area contributed by atoms with Gasteiger partial charge in [0, 0.05) is 67.0 Å². The summed E-state index contributed by atoms with van der Waals surface area (Å²) in [4.78, 5) is 23.4. The van der Waals surface area contributed by atoms with E-state index in [2.05, 4.69) is 147 Å². The fourth-order valence-electron chi connectivity index (χ4n) is 6.94. The van der Waals surface area contributed by atoms with Gasteiger partial charge in [-0.15, -0.1) is 11.4 Å². The Balaban J connectivity index is 0.00000144. The molecular weight excluding hydrogens is 841 g/mol. The molecule has 0 saturated heterocycles. The van der Waals surface area contributed by atoms with Crippen molar-refractivity contribution in [1.82, 2.24) is 9.88 Å². The van der Waals surface area contributed by atoms with Crippen LogP contribution in [0.25, 0.3) is 16.7 Å². The maximum absolute atomic E-state index is 5.35. The Kier molecular flexibility index (Phi) is 14.4. The molecule has 0 amide bonds. The van der Waals surface area contributed by atoms with Crippen LogP contribution < -0.4 is 68.3 Å². The third kappa shape index (κ3) is 8.60. The normalized spacial score (nSPS) is 16.1. The Hall–Kier alpha value is -5.13. The SMILES string of the molecule is CN1C=CC(=C2C3=NC(=C(c4cc[n+](C)cc4)C4=NC(=C(c5cc[n+](C)cc5)c5ccc([n-]5)C(c5cc[n+](C)cc5)=C5C=CC2=N5)C=C4)C=C3)C=C1.[Cl-].[Cl-].[Cl-].[Cl-].[Co+2]. The van der Waals surface area contributed by atoms with E-state index in [9.17, 15) is 0 Å². The van der Waals surface area contributed by atoms with Crippen LogP contribution in [0.3, 0.4) is 0 Å². The van der Waals surface area contributed by atoms with Crippen LogP contribution >= 0.6 is 0 Å². The molecule has 5 aliphatic rings. The number of aryl methyl sites for hydroxylation is 3. The fourth-order valence-corrected chi connectivity index (χ4v) is 6.94. The van der Waals surface area contributed by atoms with E-state index in [0.717, 1.165) is 90.2 Å². The molecule has 0 atom stereocenters. The molecular formula is C44H36Cl4CoN8. The molecule has 0 saturated carbocycles. The molecule has 4 aromatic rings. The van der Waals surface area contributed by atoms with Crippen molar-refractivity contribution in [2.24, 2.45) is 36.1 Å². The van der Waals surface area contributed by atoms with Gasteiger partial charge in [-0.25, -0.2) is 28.7 Å². The van der Waals surface area contributed by atoms with Crippen molar-refractivity contribution < 1.29 is 80.1 Å². The maximum Gasteiger partial charge on any atom is 2.00 e. The van der Waals surface area contributed by atoms with Crippen molar-refractivity contribution >= 4 is 33.9 Å². The number of pyridine rings is 3. The van der Waals surface area contributed by atoms with Gasteiger partial charge in [-0.2, -0.15) is 0 Å². The molecule has 57 heavy (non-hydrogen) atoms. The molecule has 5 aliphatic heterocycles. The van der Waals surface area contributed by atoms with Crippen molar-refractivity contribution in [3.63, 3.8) is 0 Å². The summed E-state index contributed by atoms with van der Waals surface area (Å²) < 4.78 is 6.11. The number of hydrogen-bond acceptors (Lipinski definition) is 4. The van der Waals surface area contributed by atoms with E-state index in [4.69, 9.17) is 20.0 Å². The van der Waals surface area contributed by atoms with Crippen LogP contribution in [0.15, 0.2) is 190 Å². The van der Waals surface area contributed by atoms with Crippen LogP contribution in [0.4, 0.5) is 0 Å². The first-order chi connectivity index (χ1) is 25.4. The summed E-state index contributed by atoms with van der Waals surface area (Å²) >= 11 is 0. The largest absolute Gasteiger partial charge is 2.00 e. The molecule has 0 N–H and O–H groups in total. The zero-order valence-corrected chi connectivity index (χ0v) is 35.3. The van der Waals surface area contributed by atoms with Crippen molar-refractivity contribution in [2.45, 2.75) is 0 Å². The van der Waals surface area contributed by atoms with E-state index in [-0.39, 0.29) is 66.4 Å². The van der Waals surface area contributed by atoms with Gasteiger partial charge in [0.25, 0.3) is 0 Å². The number of fused-ring (bicyclic) bond motifs is 5. The first kappa shape index (κ1) is 44.6. The number of nitrogens with zero attached hydrogens (tertiary/aromatic N) is 8. The Morgan fingerprint density at radius 1 is 0.439 bits per heavy atom. The molecule has 0 aliphatic carbocycles. The second-order valence-electron chi connectivity index (χ2n) is 13.4. The first-order valence-corrected chi connectivity index (χ1v) is 17.3. The summed E-state index contributed by atoms with van der Waals surface area (Å²) in [6.45, 7) is 0. The van der Waals surface area contributed by atoms with E-state index in [1.54, 1.807) is 0 Å². The average molecular weight is 878 g/mol. The van der Waals surface area contributed by atoms with Crippen molar-refractivity contribution in [3.8, 4) is 0 Å². The molecule has 13 heteroatoms. The molecule has 8 bridgehead atoms. The monoisotopic (exact) mass is 875 g/mol.